The molecule has 1 atom stereocenters. The summed E-state index contributed by atoms with van der Waals surface area (Å²) in [6, 6.07) is 12.2. The molecule has 7 nitrogen and oxygen atoms in total. The van der Waals surface area contributed by atoms with E-state index in [1.807, 2.05) is 24.3 Å². The molecule has 2 N–H and O–H groups in total. The quantitative estimate of drug-likeness (QED) is 0.704. The maximum Gasteiger partial charge on any atom is 0.254 e. The summed E-state index contributed by atoms with van der Waals surface area (Å²) in [6.07, 6.45) is 2.46. The molecule has 0 radical (unpaired) electrons. The second kappa shape index (κ2) is 9.49. The summed E-state index contributed by atoms with van der Waals surface area (Å²) < 4.78 is 33.2. The summed E-state index contributed by atoms with van der Waals surface area (Å²) in [6.45, 7) is 4.54. The average molecular weight is 432 g/mol. The minimum absolute atomic E-state index is 0.0147. The maximum absolute atomic E-state index is 12.7. The molecular formula is C22H29N3O4S. The molecule has 0 aromatic heterocycles. The van der Waals surface area contributed by atoms with Crippen molar-refractivity contribution in [3.8, 4) is 5.75 Å². The van der Waals surface area contributed by atoms with Gasteiger partial charge >= 0.3 is 0 Å². The smallest absolute Gasteiger partial charge is 0.254 e. The molecule has 8 heteroatoms. The van der Waals surface area contributed by atoms with Crippen LogP contribution in [-0.2, 0) is 16.6 Å². The number of nitrogens with zero attached hydrogens (tertiary/aromatic N) is 1. The Labute approximate surface area is 178 Å². The second-order valence-electron chi connectivity index (χ2n) is 7.63. The lowest BCUT2D eigenvalue weighted by molar-refractivity contribution is 0.0960. The number of nitrogens with one attached hydrogen (secondary N) is 2. The van der Waals surface area contributed by atoms with Gasteiger partial charge in [0.2, 0.25) is 10.0 Å². The molecule has 1 aliphatic heterocycles. The molecule has 1 amide bonds. The third-order valence-electron chi connectivity index (χ3n) is 5.38. The Hall–Kier alpha value is -2.58. The number of piperidine rings is 1. The molecule has 1 fully saturated rings. The number of methoxy groups -OCH3 is 1. The molecular weight excluding hydrogens is 402 g/mol. The van der Waals surface area contributed by atoms with E-state index < -0.39 is 15.9 Å². The number of sulfonamides is 1. The van der Waals surface area contributed by atoms with Gasteiger partial charge in [-0.1, -0.05) is 19.1 Å². The number of benzene rings is 2. The predicted octanol–water partition coefficient (Wildman–Crippen LogP) is 2.77. The first-order valence-electron chi connectivity index (χ1n) is 10.1. The highest BCUT2D eigenvalue weighted by Crippen LogP contribution is 2.24. The highest BCUT2D eigenvalue weighted by Gasteiger charge is 2.20. The van der Waals surface area contributed by atoms with Gasteiger partial charge in [-0.3, -0.25) is 4.79 Å². The van der Waals surface area contributed by atoms with E-state index in [4.69, 9.17) is 4.74 Å². The van der Waals surface area contributed by atoms with Crippen molar-refractivity contribution < 1.29 is 17.9 Å². The van der Waals surface area contributed by atoms with E-state index in [2.05, 4.69) is 21.9 Å². The zero-order valence-corrected chi connectivity index (χ0v) is 18.5. The minimum Gasteiger partial charge on any atom is -0.496 e. The van der Waals surface area contributed by atoms with Gasteiger partial charge in [0.05, 0.1) is 17.6 Å². The minimum atomic E-state index is -3.78. The Morgan fingerprint density at radius 3 is 2.57 bits per heavy atom. The van der Waals surface area contributed by atoms with Gasteiger partial charge in [-0.2, -0.15) is 0 Å². The van der Waals surface area contributed by atoms with Crippen LogP contribution in [0.2, 0.25) is 0 Å². The Balaban J connectivity index is 1.70. The number of ether oxygens (including phenoxy) is 1. The molecule has 0 saturated carbocycles. The summed E-state index contributed by atoms with van der Waals surface area (Å²) in [4.78, 5) is 14.4. The lowest BCUT2D eigenvalue weighted by Gasteiger charge is -2.32. The summed E-state index contributed by atoms with van der Waals surface area (Å²) in [7, 11) is -0.867. The number of rotatable bonds is 7. The summed E-state index contributed by atoms with van der Waals surface area (Å²) >= 11 is 0. The van der Waals surface area contributed by atoms with Crippen molar-refractivity contribution in [1.29, 1.82) is 0 Å². The van der Waals surface area contributed by atoms with Gasteiger partial charge in [-0.15, -0.1) is 0 Å². The van der Waals surface area contributed by atoms with Gasteiger partial charge in [0, 0.05) is 32.4 Å². The van der Waals surface area contributed by atoms with Gasteiger partial charge in [-0.25, -0.2) is 13.1 Å². The van der Waals surface area contributed by atoms with Crippen molar-refractivity contribution in [2.45, 2.75) is 31.2 Å². The van der Waals surface area contributed by atoms with Crippen LogP contribution in [0.15, 0.2) is 47.4 Å². The summed E-state index contributed by atoms with van der Waals surface area (Å²) in [5, 5.41) is 2.49. The number of hydrogen-bond acceptors (Lipinski definition) is 5. The van der Waals surface area contributed by atoms with Crippen LogP contribution < -0.4 is 19.7 Å². The third kappa shape index (κ3) is 5.12. The number of hydrogen-bond donors (Lipinski definition) is 2. The highest BCUT2D eigenvalue weighted by atomic mass is 32.2. The number of carbonyl (C=O) groups excluding carboxylic acids is 1. The number of anilines is 1. The SMILES string of the molecule is CNC(=O)c1cc(S(=O)(=O)NCc2ccc(N3CCC[C@H](C)C3)cc2)ccc1OC. The first kappa shape index (κ1) is 22.1. The van der Waals surface area contributed by atoms with E-state index in [0.717, 1.165) is 18.7 Å². The maximum atomic E-state index is 12.7. The van der Waals surface area contributed by atoms with E-state index in [-0.39, 0.29) is 17.0 Å². The van der Waals surface area contributed by atoms with Crippen LogP contribution in [0.25, 0.3) is 0 Å². The first-order valence-corrected chi connectivity index (χ1v) is 11.6. The molecule has 0 bridgehead atoms. The fraction of sp³-hybridized carbons (Fsp3) is 0.409. The third-order valence-corrected chi connectivity index (χ3v) is 6.78. The van der Waals surface area contributed by atoms with E-state index in [0.29, 0.717) is 11.7 Å². The van der Waals surface area contributed by atoms with Crippen molar-refractivity contribution in [3.63, 3.8) is 0 Å². The van der Waals surface area contributed by atoms with E-state index >= 15 is 0 Å². The first-order chi connectivity index (χ1) is 14.3. The van der Waals surface area contributed by atoms with Crippen molar-refractivity contribution in [2.24, 2.45) is 5.92 Å². The summed E-state index contributed by atoms with van der Waals surface area (Å²) in [5.74, 6) is 0.594. The van der Waals surface area contributed by atoms with Crippen LogP contribution in [0.4, 0.5) is 5.69 Å². The molecule has 2 aromatic carbocycles. The van der Waals surface area contributed by atoms with Crippen molar-refractivity contribution in [3.05, 3.63) is 53.6 Å². The molecule has 1 aliphatic rings. The monoisotopic (exact) mass is 431 g/mol. The van der Waals surface area contributed by atoms with Crippen LogP contribution in [0.1, 0.15) is 35.7 Å². The van der Waals surface area contributed by atoms with E-state index in [1.54, 1.807) is 0 Å². The van der Waals surface area contributed by atoms with Crippen molar-refractivity contribution >= 4 is 21.6 Å². The van der Waals surface area contributed by atoms with E-state index in [9.17, 15) is 13.2 Å². The Morgan fingerprint density at radius 2 is 1.93 bits per heavy atom. The molecule has 0 unspecified atom stereocenters. The zero-order valence-electron chi connectivity index (χ0n) is 17.6. The molecule has 162 valence electrons. The van der Waals surface area contributed by atoms with Gasteiger partial charge in [0.1, 0.15) is 5.75 Å². The van der Waals surface area contributed by atoms with Crippen LogP contribution in [-0.4, -0.2) is 41.6 Å². The van der Waals surface area contributed by atoms with Gasteiger partial charge < -0.3 is 15.0 Å². The van der Waals surface area contributed by atoms with Gasteiger partial charge in [-0.05, 0) is 54.7 Å². The topological polar surface area (TPSA) is 87.7 Å². The van der Waals surface area contributed by atoms with Crippen LogP contribution in [0.5, 0.6) is 5.75 Å². The van der Waals surface area contributed by atoms with Crippen molar-refractivity contribution in [1.82, 2.24) is 10.0 Å². The molecule has 0 aliphatic carbocycles. The average Bonchev–Trinajstić information content (AvgIpc) is 2.77. The summed E-state index contributed by atoms with van der Waals surface area (Å²) in [5.41, 5.74) is 2.20. The molecule has 3 rings (SSSR count). The van der Waals surface area contributed by atoms with Crippen LogP contribution in [0, 0.1) is 5.92 Å². The normalized spacial score (nSPS) is 16.9. The van der Waals surface area contributed by atoms with Crippen LogP contribution in [0.3, 0.4) is 0 Å². The fourth-order valence-electron chi connectivity index (χ4n) is 3.68. The van der Waals surface area contributed by atoms with Crippen LogP contribution >= 0.6 is 0 Å². The highest BCUT2D eigenvalue weighted by molar-refractivity contribution is 7.89. The molecule has 0 spiro atoms. The van der Waals surface area contributed by atoms with Gasteiger partial charge in [0.25, 0.3) is 5.91 Å². The largest absolute Gasteiger partial charge is 0.496 e. The standard InChI is InChI=1S/C22H29N3O4S/c1-16-5-4-12-25(15-16)18-8-6-17(7-9-18)14-24-30(27,28)19-10-11-21(29-3)20(13-19)22(26)23-2/h6-11,13,16,24H,4-5,12,14-15H2,1-3H3,(H,23,26)/t16-/m0/s1. The van der Waals surface area contributed by atoms with E-state index in [1.165, 1.54) is 50.9 Å². The molecule has 2 aromatic rings. The van der Waals surface area contributed by atoms with Gasteiger partial charge in [0.15, 0.2) is 0 Å². The number of carbonyl (C=O) groups is 1. The number of amides is 1. The van der Waals surface area contributed by atoms with Crippen molar-refractivity contribution in [2.75, 3.05) is 32.1 Å². The zero-order chi connectivity index (χ0) is 21.7. The Kier molecular flexibility index (Phi) is 6.99. The molecule has 30 heavy (non-hydrogen) atoms. The molecule has 1 saturated heterocycles. The second-order valence-corrected chi connectivity index (χ2v) is 9.39. The lowest BCUT2D eigenvalue weighted by atomic mass is 9.99. The fourth-order valence-corrected chi connectivity index (χ4v) is 4.72. The lowest BCUT2D eigenvalue weighted by Crippen LogP contribution is -2.34. The Morgan fingerprint density at radius 1 is 1.20 bits per heavy atom. The molecule has 1 heterocycles. The Bertz CT molecular complexity index is 990. The predicted molar refractivity (Wildman–Crippen MR) is 117 cm³/mol.